The Bertz CT molecular complexity index is 1710. The molecule has 0 aliphatic carbocycles. The molecule has 2 fully saturated rings. The van der Waals surface area contributed by atoms with Gasteiger partial charge >= 0.3 is 0 Å². The van der Waals surface area contributed by atoms with Gasteiger partial charge in [0.1, 0.15) is 29.2 Å². The third kappa shape index (κ3) is 6.45. The predicted octanol–water partition coefficient (Wildman–Crippen LogP) is 0.656. The molecule has 1 spiro atoms. The largest absolute Gasteiger partial charge is 0.491 e. The van der Waals surface area contributed by atoms with Crippen LogP contribution in [0.25, 0.3) is 10.9 Å². The molecule has 5 N–H and O–H groups in total. The lowest BCUT2D eigenvalue weighted by molar-refractivity contribution is -0.0312. The quantitative estimate of drug-likeness (QED) is 0.271. The van der Waals surface area contributed by atoms with E-state index in [4.69, 9.17) is 14.6 Å². The molecule has 2 aliphatic rings. The summed E-state index contributed by atoms with van der Waals surface area (Å²) in [5, 5.41) is 18.7. The summed E-state index contributed by atoms with van der Waals surface area (Å²) in [5.74, 6) is -0.368. The number of pyridine rings is 1. The zero-order chi connectivity index (χ0) is 29.4. The second-order valence-corrected chi connectivity index (χ2v) is 13.8. The number of nitrogens with zero attached hydrogens (tertiary/aromatic N) is 1. The minimum absolute atomic E-state index is 0.0304. The van der Waals surface area contributed by atoms with Gasteiger partial charge in [-0.25, -0.2) is 26.4 Å². The monoisotopic (exact) mass is 610 g/mol. The summed E-state index contributed by atoms with van der Waals surface area (Å²) >= 11 is 0. The highest BCUT2D eigenvalue weighted by atomic mass is 32.2. The van der Waals surface area contributed by atoms with E-state index in [9.17, 15) is 31.1 Å². The first-order chi connectivity index (χ1) is 19.4. The number of ether oxygens (including phenoxy) is 2. The maximum Gasteiger partial charge on any atom is 0.248 e. The summed E-state index contributed by atoms with van der Waals surface area (Å²) in [6.07, 6.45) is 1.73. The number of primary sulfonamides is 1. The van der Waals surface area contributed by atoms with E-state index >= 15 is 0 Å². The van der Waals surface area contributed by atoms with Crippen LogP contribution in [0.3, 0.4) is 0 Å². The van der Waals surface area contributed by atoms with Crippen molar-refractivity contribution in [2.24, 2.45) is 5.14 Å². The number of nitrogens with two attached hydrogens (primary N) is 1. The zero-order valence-corrected chi connectivity index (χ0v) is 23.6. The molecule has 12 nitrogen and oxygen atoms in total. The van der Waals surface area contributed by atoms with Crippen molar-refractivity contribution < 1.29 is 35.8 Å². The highest BCUT2D eigenvalue weighted by Gasteiger charge is 2.45. The van der Waals surface area contributed by atoms with Gasteiger partial charge in [-0.05, 0) is 49.6 Å². The van der Waals surface area contributed by atoms with Crippen LogP contribution in [0.4, 0.5) is 4.39 Å². The first-order valence-electron chi connectivity index (χ1n) is 13.0. The number of aliphatic hydroxyl groups is 1. The van der Waals surface area contributed by atoms with Crippen molar-refractivity contribution in [3.05, 3.63) is 64.7 Å². The van der Waals surface area contributed by atoms with E-state index in [1.165, 1.54) is 34.6 Å². The van der Waals surface area contributed by atoms with Crippen LogP contribution < -0.4 is 20.6 Å². The van der Waals surface area contributed by atoms with Gasteiger partial charge in [0, 0.05) is 48.8 Å². The third-order valence-corrected chi connectivity index (χ3v) is 10.3. The lowest BCUT2D eigenvalue weighted by Gasteiger charge is -2.37. The highest BCUT2D eigenvalue weighted by molar-refractivity contribution is 7.89. The number of fused-ring (bicyclic) bond motifs is 1. The number of sulfonamides is 2. The van der Waals surface area contributed by atoms with E-state index in [1.54, 1.807) is 6.07 Å². The molecule has 41 heavy (non-hydrogen) atoms. The molecule has 5 rings (SSSR count). The Morgan fingerprint density at radius 2 is 1.95 bits per heavy atom. The molecule has 3 aromatic rings. The van der Waals surface area contributed by atoms with Crippen LogP contribution in [-0.2, 0) is 24.8 Å². The van der Waals surface area contributed by atoms with E-state index in [2.05, 4.69) is 10.3 Å². The molecule has 2 atom stereocenters. The Morgan fingerprint density at radius 1 is 1.20 bits per heavy atom. The Balaban J connectivity index is 1.13. The number of rotatable bonds is 9. The normalized spacial score (nSPS) is 20.4. The average Bonchev–Trinajstić information content (AvgIpc) is 3.33. The van der Waals surface area contributed by atoms with Gasteiger partial charge in [0.15, 0.2) is 0 Å². The molecule has 1 aromatic heterocycles. The Kier molecular flexibility index (Phi) is 8.22. The van der Waals surface area contributed by atoms with Crippen molar-refractivity contribution >= 4 is 30.9 Å². The number of halogens is 1. The number of aromatic nitrogens is 1. The second-order valence-electron chi connectivity index (χ2n) is 10.4. The maximum absolute atomic E-state index is 13.7. The van der Waals surface area contributed by atoms with Crippen molar-refractivity contribution in [2.45, 2.75) is 46.8 Å². The summed E-state index contributed by atoms with van der Waals surface area (Å²) in [6, 6.07) is 9.21. The molecule has 3 heterocycles. The molecule has 0 saturated carbocycles. The number of H-pyrrole nitrogens is 1. The van der Waals surface area contributed by atoms with E-state index in [0.29, 0.717) is 31.4 Å². The van der Waals surface area contributed by atoms with Crippen molar-refractivity contribution in [1.82, 2.24) is 14.6 Å². The van der Waals surface area contributed by atoms with Gasteiger partial charge in [-0.1, -0.05) is 6.07 Å². The number of nitrogens with one attached hydrogen (secondary N) is 2. The zero-order valence-electron chi connectivity index (χ0n) is 22.0. The average molecular weight is 611 g/mol. The van der Waals surface area contributed by atoms with Gasteiger partial charge in [-0.3, -0.25) is 4.79 Å². The first kappa shape index (κ1) is 29.6. The molecule has 2 aromatic carbocycles. The predicted molar refractivity (Wildman–Crippen MR) is 147 cm³/mol. The van der Waals surface area contributed by atoms with Gasteiger partial charge < -0.3 is 24.9 Å². The molecule has 1 unspecified atom stereocenters. The van der Waals surface area contributed by atoms with Crippen LogP contribution in [0.1, 0.15) is 19.3 Å². The standard InChI is InChI=1S/C26H31FN4O8S2/c27-17-4-5-23-22(10-17)25(33)24(14-30-23)41(36,37)31-8-6-26(7-9-31)12-18(15-39-26)29-13-19(32)16-38-20-2-1-3-21(11-20)40(28,34)35/h1-5,10-11,14,18-19,29,32H,6-9,12-13,15-16H2,(H,30,33)(H2,28,34,35)/t18-,19?/m1/s1. The number of aliphatic hydroxyl groups excluding tert-OH is 1. The van der Waals surface area contributed by atoms with Crippen molar-refractivity contribution in [3.63, 3.8) is 0 Å². The van der Waals surface area contributed by atoms with Crippen LogP contribution in [0.5, 0.6) is 5.75 Å². The SMILES string of the molecule is NS(=O)(=O)c1cccc(OCC(O)CN[C@H]2COC3(CCN(S(=O)(=O)c4c[nH]c5ccc(F)cc5c4=O)CC3)C2)c1. The van der Waals surface area contributed by atoms with Crippen molar-refractivity contribution in [2.75, 3.05) is 32.8 Å². The number of hydrogen-bond donors (Lipinski definition) is 4. The minimum Gasteiger partial charge on any atom is -0.491 e. The summed E-state index contributed by atoms with van der Waals surface area (Å²) in [7, 11) is -7.98. The summed E-state index contributed by atoms with van der Waals surface area (Å²) in [4.78, 5) is 15.1. The van der Waals surface area contributed by atoms with E-state index in [-0.39, 0.29) is 48.3 Å². The second kappa shape index (κ2) is 11.4. The van der Waals surface area contributed by atoms with Crippen LogP contribution in [0, 0.1) is 5.82 Å². The Labute approximate surface area is 236 Å². The van der Waals surface area contributed by atoms with Crippen LogP contribution in [0.15, 0.2) is 63.2 Å². The summed E-state index contributed by atoms with van der Waals surface area (Å²) < 4.78 is 76.1. The lowest BCUT2D eigenvalue weighted by Crippen LogP contribution is -2.47. The van der Waals surface area contributed by atoms with Gasteiger partial charge in [0.2, 0.25) is 25.5 Å². The molecule has 0 radical (unpaired) electrons. The van der Waals surface area contributed by atoms with Gasteiger partial charge in [0.05, 0.1) is 17.1 Å². The minimum atomic E-state index is -4.11. The Morgan fingerprint density at radius 3 is 2.68 bits per heavy atom. The highest BCUT2D eigenvalue weighted by Crippen LogP contribution is 2.37. The topological polar surface area (TPSA) is 181 Å². The fraction of sp³-hybridized carbons (Fsp3) is 0.423. The number of aromatic amines is 1. The molecule has 0 bridgehead atoms. The van der Waals surface area contributed by atoms with Crippen molar-refractivity contribution in [1.29, 1.82) is 0 Å². The first-order valence-corrected chi connectivity index (χ1v) is 16.0. The van der Waals surface area contributed by atoms with E-state index in [0.717, 1.165) is 12.3 Å². The number of benzene rings is 2. The third-order valence-electron chi connectivity index (χ3n) is 7.49. The van der Waals surface area contributed by atoms with Crippen LogP contribution >= 0.6 is 0 Å². The van der Waals surface area contributed by atoms with Crippen LogP contribution in [-0.4, -0.2) is 81.8 Å². The number of hydrogen-bond acceptors (Lipinski definition) is 9. The van der Waals surface area contributed by atoms with Gasteiger partial charge in [-0.15, -0.1) is 0 Å². The molecule has 2 saturated heterocycles. The maximum atomic E-state index is 13.7. The molecule has 2 aliphatic heterocycles. The lowest BCUT2D eigenvalue weighted by atomic mass is 9.88. The molecular formula is C26H31FN4O8S2. The van der Waals surface area contributed by atoms with E-state index < -0.39 is 47.9 Å². The Hall–Kier alpha value is -2.92. The van der Waals surface area contributed by atoms with Crippen molar-refractivity contribution in [3.8, 4) is 5.75 Å². The smallest absolute Gasteiger partial charge is 0.248 e. The van der Waals surface area contributed by atoms with Gasteiger partial charge in [0.25, 0.3) is 0 Å². The molecule has 222 valence electrons. The fourth-order valence-electron chi connectivity index (χ4n) is 5.26. The molecule has 0 amide bonds. The summed E-state index contributed by atoms with van der Waals surface area (Å²) in [6.45, 7) is 0.818. The fourth-order valence-corrected chi connectivity index (χ4v) is 7.30. The van der Waals surface area contributed by atoms with Gasteiger partial charge in [-0.2, -0.15) is 4.31 Å². The molecule has 15 heteroatoms. The molecular weight excluding hydrogens is 579 g/mol. The van der Waals surface area contributed by atoms with E-state index in [1.807, 2.05) is 0 Å². The summed E-state index contributed by atoms with van der Waals surface area (Å²) in [5.41, 5.74) is -0.934. The van der Waals surface area contributed by atoms with Crippen LogP contribution in [0.2, 0.25) is 0 Å². The number of piperidine rings is 1.